The standard InChI is InChI=1S/C27H33N7O2/c1-18(35)24-17-20(10-13-28-24)23-5-4-14-34-25(23)30-27(31-34)29-21-8-6-19(7-9-21)26(36)33(3)22-11-15-32(2)16-12-22/h4-10,14,22,24,28H,11-13,15-17H2,1-3H3,(H,29,31). The second-order valence-corrected chi connectivity index (χ2v) is 9.78. The minimum atomic E-state index is -0.175. The third-order valence-corrected chi connectivity index (χ3v) is 7.28. The lowest BCUT2D eigenvalue weighted by Gasteiger charge is -2.35. The Morgan fingerprint density at radius 2 is 1.89 bits per heavy atom. The lowest BCUT2D eigenvalue weighted by Crippen LogP contribution is -2.44. The fourth-order valence-electron chi connectivity index (χ4n) is 4.99. The maximum Gasteiger partial charge on any atom is 0.253 e. The Balaban J connectivity index is 1.29. The molecule has 0 bridgehead atoms. The quantitative estimate of drug-likeness (QED) is 0.552. The smallest absolute Gasteiger partial charge is 0.253 e. The second kappa shape index (κ2) is 10.2. The Labute approximate surface area is 211 Å². The molecule has 1 aromatic carbocycles. The summed E-state index contributed by atoms with van der Waals surface area (Å²) in [4.78, 5) is 33.8. The first-order valence-corrected chi connectivity index (χ1v) is 12.5. The minimum Gasteiger partial charge on any atom is -0.339 e. The fourth-order valence-corrected chi connectivity index (χ4v) is 4.99. The summed E-state index contributed by atoms with van der Waals surface area (Å²) in [5, 5.41) is 11.1. The van der Waals surface area contributed by atoms with Gasteiger partial charge in [-0.05, 0) is 88.3 Å². The van der Waals surface area contributed by atoms with Crippen LogP contribution in [-0.4, -0.2) is 81.9 Å². The van der Waals surface area contributed by atoms with E-state index in [-0.39, 0.29) is 23.8 Å². The first-order chi connectivity index (χ1) is 17.4. The molecular formula is C27H33N7O2. The van der Waals surface area contributed by atoms with Gasteiger partial charge < -0.3 is 20.4 Å². The number of fused-ring (bicyclic) bond motifs is 1. The normalized spacial score (nSPS) is 19.2. The molecule has 188 valence electrons. The Kier molecular flexibility index (Phi) is 6.84. The summed E-state index contributed by atoms with van der Waals surface area (Å²) in [5.41, 5.74) is 4.29. The van der Waals surface area contributed by atoms with Gasteiger partial charge in [0, 0.05) is 42.6 Å². The van der Waals surface area contributed by atoms with Crippen LogP contribution in [0.4, 0.5) is 11.6 Å². The monoisotopic (exact) mass is 487 g/mol. The van der Waals surface area contributed by atoms with Gasteiger partial charge in [0.1, 0.15) is 5.78 Å². The number of anilines is 2. The zero-order valence-electron chi connectivity index (χ0n) is 21.1. The van der Waals surface area contributed by atoms with Gasteiger partial charge in [-0.25, -0.2) is 4.52 Å². The number of hydrogen-bond donors (Lipinski definition) is 2. The van der Waals surface area contributed by atoms with E-state index in [1.165, 1.54) is 0 Å². The molecule has 0 radical (unpaired) electrons. The molecule has 0 saturated carbocycles. The van der Waals surface area contributed by atoms with Crippen molar-refractivity contribution in [3.8, 4) is 0 Å². The molecule has 0 spiro atoms. The van der Waals surface area contributed by atoms with E-state index < -0.39 is 0 Å². The van der Waals surface area contributed by atoms with Crippen molar-refractivity contribution < 1.29 is 9.59 Å². The Hall–Kier alpha value is -3.56. The number of pyridine rings is 1. The third-order valence-electron chi connectivity index (χ3n) is 7.28. The molecule has 36 heavy (non-hydrogen) atoms. The summed E-state index contributed by atoms with van der Waals surface area (Å²) < 4.78 is 1.75. The van der Waals surface area contributed by atoms with Crippen LogP contribution in [0.1, 0.15) is 42.1 Å². The number of likely N-dealkylation sites (tertiary alicyclic amines) is 1. The predicted octanol–water partition coefficient (Wildman–Crippen LogP) is 2.97. The second-order valence-electron chi connectivity index (χ2n) is 9.78. The molecule has 2 aliphatic heterocycles. The Bertz CT molecular complexity index is 1290. The van der Waals surface area contributed by atoms with Gasteiger partial charge in [0.25, 0.3) is 5.91 Å². The number of benzene rings is 1. The van der Waals surface area contributed by atoms with Crippen LogP contribution in [0.2, 0.25) is 0 Å². The zero-order valence-corrected chi connectivity index (χ0v) is 21.1. The number of rotatable bonds is 6. The highest BCUT2D eigenvalue weighted by Crippen LogP contribution is 2.27. The van der Waals surface area contributed by atoms with Crippen molar-refractivity contribution in [3.63, 3.8) is 0 Å². The Morgan fingerprint density at radius 1 is 1.14 bits per heavy atom. The number of nitrogens with zero attached hydrogens (tertiary/aromatic N) is 5. The molecule has 1 unspecified atom stereocenters. The zero-order chi connectivity index (χ0) is 25.2. The minimum absolute atomic E-state index is 0.0470. The largest absolute Gasteiger partial charge is 0.339 e. The molecule has 2 aliphatic rings. The van der Waals surface area contributed by atoms with Crippen LogP contribution in [0.3, 0.4) is 0 Å². The summed E-state index contributed by atoms with van der Waals surface area (Å²) >= 11 is 0. The predicted molar refractivity (Wildman–Crippen MR) is 140 cm³/mol. The number of hydrogen-bond acceptors (Lipinski definition) is 7. The van der Waals surface area contributed by atoms with Gasteiger partial charge in [0.15, 0.2) is 5.65 Å². The van der Waals surface area contributed by atoms with Gasteiger partial charge in [0.2, 0.25) is 5.95 Å². The lowest BCUT2D eigenvalue weighted by atomic mass is 9.94. The first-order valence-electron chi connectivity index (χ1n) is 12.5. The van der Waals surface area contributed by atoms with E-state index in [4.69, 9.17) is 4.98 Å². The SMILES string of the molecule is CC(=O)C1CC(c2cccn3nc(Nc4ccc(C(=O)N(C)C5CCN(C)CC5)cc4)nc23)=CCN1. The van der Waals surface area contributed by atoms with Crippen molar-refractivity contribution in [1.82, 2.24) is 29.7 Å². The van der Waals surface area contributed by atoms with E-state index in [1.807, 2.05) is 54.5 Å². The first kappa shape index (κ1) is 24.1. The molecule has 9 nitrogen and oxygen atoms in total. The molecule has 0 aliphatic carbocycles. The van der Waals surface area contributed by atoms with Crippen LogP contribution >= 0.6 is 0 Å². The molecule has 1 saturated heterocycles. The number of Topliss-reactive ketones (excluding diaryl/α,β-unsaturated/α-hetero) is 1. The molecule has 2 aromatic heterocycles. The molecule has 1 atom stereocenters. The molecule has 3 aromatic rings. The summed E-state index contributed by atoms with van der Waals surface area (Å²) in [6.45, 7) is 4.30. The number of carbonyl (C=O) groups excluding carboxylic acids is 2. The summed E-state index contributed by atoms with van der Waals surface area (Å²) in [6.07, 6.45) is 6.61. The maximum atomic E-state index is 13.0. The van der Waals surface area contributed by atoms with Crippen LogP contribution in [-0.2, 0) is 4.79 Å². The Morgan fingerprint density at radius 3 is 2.61 bits per heavy atom. The van der Waals surface area contributed by atoms with E-state index in [1.54, 1.807) is 11.4 Å². The van der Waals surface area contributed by atoms with E-state index >= 15 is 0 Å². The van der Waals surface area contributed by atoms with Crippen molar-refractivity contribution >= 4 is 34.5 Å². The van der Waals surface area contributed by atoms with Crippen LogP contribution < -0.4 is 10.6 Å². The van der Waals surface area contributed by atoms with Crippen molar-refractivity contribution in [2.24, 2.45) is 0 Å². The molecule has 1 amide bonds. The van der Waals surface area contributed by atoms with Crippen molar-refractivity contribution in [2.45, 2.75) is 38.3 Å². The molecule has 5 rings (SSSR count). The van der Waals surface area contributed by atoms with Crippen LogP contribution in [0.5, 0.6) is 0 Å². The van der Waals surface area contributed by atoms with Crippen molar-refractivity contribution in [1.29, 1.82) is 0 Å². The molecular weight excluding hydrogens is 454 g/mol. The van der Waals surface area contributed by atoms with E-state index in [9.17, 15) is 9.59 Å². The van der Waals surface area contributed by atoms with Gasteiger partial charge in [-0.2, -0.15) is 4.98 Å². The van der Waals surface area contributed by atoms with Crippen molar-refractivity contribution in [2.75, 3.05) is 39.0 Å². The topological polar surface area (TPSA) is 94.9 Å². The summed E-state index contributed by atoms with van der Waals surface area (Å²) in [5.74, 6) is 0.657. The highest BCUT2D eigenvalue weighted by atomic mass is 16.2. The van der Waals surface area contributed by atoms with Gasteiger partial charge >= 0.3 is 0 Å². The summed E-state index contributed by atoms with van der Waals surface area (Å²) in [7, 11) is 4.02. The van der Waals surface area contributed by atoms with Crippen LogP contribution in [0, 0.1) is 0 Å². The highest BCUT2D eigenvalue weighted by molar-refractivity contribution is 5.94. The number of carbonyl (C=O) groups is 2. The number of aromatic nitrogens is 3. The molecule has 2 N–H and O–H groups in total. The maximum absolute atomic E-state index is 13.0. The van der Waals surface area contributed by atoms with E-state index in [0.29, 0.717) is 24.5 Å². The fraction of sp³-hybridized carbons (Fsp3) is 0.407. The molecule has 1 fully saturated rings. The third kappa shape index (κ3) is 5.03. The molecule has 4 heterocycles. The van der Waals surface area contributed by atoms with E-state index in [0.717, 1.165) is 48.4 Å². The van der Waals surface area contributed by atoms with E-state index in [2.05, 4.69) is 33.8 Å². The van der Waals surface area contributed by atoms with Gasteiger partial charge in [-0.1, -0.05) is 6.08 Å². The number of amides is 1. The van der Waals surface area contributed by atoms with Crippen LogP contribution in [0.25, 0.3) is 11.2 Å². The van der Waals surface area contributed by atoms with Gasteiger partial charge in [-0.15, -0.1) is 5.10 Å². The average molecular weight is 488 g/mol. The van der Waals surface area contributed by atoms with Crippen LogP contribution in [0.15, 0.2) is 48.7 Å². The van der Waals surface area contributed by atoms with Gasteiger partial charge in [0.05, 0.1) is 6.04 Å². The number of ketones is 1. The molecule has 9 heteroatoms. The number of nitrogens with one attached hydrogen (secondary N) is 2. The number of piperidine rings is 1. The highest BCUT2D eigenvalue weighted by Gasteiger charge is 2.25. The summed E-state index contributed by atoms with van der Waals surface area (Å²) in [6, 6.07) is 11.5. The lowest BCUT2D eigenvalue weighted by molar-refractivity contribution is -0.118. The average Bonchev–Trinajstić information content (AvgIpc) is 3.31. The van der Waals surface area contributed by atoms with Gasteiger partial charge in [-0.3, -0.25) is 9.59 Å². The van der Waals surface area contributed by atoms with Crippen molar-refractivity contribution in [3.05, 3.63) is 59.8 Å².